The van der Waals surface area contributed by atoms with Gasteiger partial charge in [0.05, 0.1) is 0 Å². The van der Waals surface area contributed by atoms with Crippen LogP contribution in [0.1, 0.15) is 100 Å². The van der Waals surface area contributed by atoms with E-state index < -0.39 is 0 Å². The van der Waals surface area contributed by atoms with Crippen LogP contribution in [0.4, 0.5) is 0 Å². The predicted molar refractivity (Wildman–Crippen MR) is 119 cm³/mol. The molecule has 30 heavy (non-hydrogen) atoms. The quantitative estimate of drug-likeness (QED) is 0.581. The van der Waals surface area contributed by atoms with Crippen molar-refractivity contribution in [2.45, 2.75) is 103 Å². The van der Waals surface area contributed by atoms with Gasteiger partial charge in [0.25, 0.3) is 0 Å². The number of phenolic OH excluding ortho intramolecular Hbond substituents is 1. The van der Waals surface area contributed by atoms with Crippen LogP contribution in [-0.4, -0.2) is 17.2 Å². The molecule has 5 rings (SSSR count). The van der Waals surface area contributed by atoms with Crippen molar-refractivity contribution in [1.29, 1.82) is 0 Å². The molecule has 0 aliphatic heterocycles. The van der Waals surface area contributed by atoms with Crippen molar-refractivity contribution < 1.29 is 14.6 Å². The van der Waals surface area contributed by atoms with E-state index >= 15 is 0 Å². The lowest BCUT2D eigenvalue weighted by atomic mass is 9.55. The highest BCUT2D eigenvalue weighted by molar-refractivity contribution is 5.69. The SMILES string of the molecule is Cc1c(O)ccc2c1CC[C@@H]1[C@@H]2CC[C@]2(C)[C@@H](OC(=O)CCC3CCCC3)CC[C@@H]12. The van der Waals surface area contributed by atoms with Crippen molar-refractivity contribution in [2.24, 2.45) is 23.2 Å². The molecule has 0 spiro atoms. The van der Waals surface area contributed by atoms with Crippen LogP contribution in [0.3, 0.4) is 0 Å². The number of ether oxygens (including phenoxy) is 1. The summed E-state index contributed by atoms with van der Waals surface area (Å²) < 4.78 is 6.16. The van der Waals surface area contributed by atoms with Gasteiger partial charge >= 0.3 is 5.97 Å². The second kappa shape index (κ2) is 7.88. The van der Waals surface area contributed by atoms with Gasteiger partial charge in [0.1, 0.15) is 11.9 Å². The van der Waals surface area contributed by atoms with Gasteiger partial charge in [-0.1, -0.05) is 38.7 Å². The van der Waals surface area contributed by atoms with Crippen molar-refractivity contribution in [3.05, 3.63) is 28.8 Å². The number of carbonyl (C=O) groups is 1. The van der Waals surface area contributed by atoms with Gasteiger partial charge in [-0.05, 0) is 98.3 Å². The molecule has 3 saturated carbocycles. The summed E-state index contributed by atoms with van der Waals surface area (Å²) in [6.45, 7) is 4.48. The zero-order valence-electron chi connectivity index (χ0n) is 18.8. The molecule has 0 radical (unpaired) electrons. The molecule has 0 unspecified atom stereocenters. The minimum absolute atomic E-state index is 0.0518. The summed E-state index contributed by atoms with van der Waals surface area (Å²) in [7, 11) is 0. The Morgan fingerprint density at radius 1 is 1.13 bits per heavy atom. The molecule has 4 aliphatic carbocycles. The Morgan fingerprint density at radius 2 is 1.93 bits per heavy atom. The first-order valence-corrected chi connectivity index (χ1v) is 12.5. The summed E-state index contributed by atoms with van der Waals surface area (Å²) in [6, 6.07) is 4.08. The molecule has 0 amide bonds. The zero-order valence-corrected chi connectivity index (χ0v) is 18.8. The van der Waals surface area contributed by atoms with E-state index in [9.17, 15) is 9.90 Å². The van der Waals surface area contributed by atoms with Crippen molar-refractivity contribution in [1.82, 2.24) is 0 Å². The summed E-state index contributed by atoms with van der Waals surface area (Å²) >= 11 is 0. The van der Waals surface area contributed by atoms with E-state index in [2.05, 4.69) is 19.9 Å². The maximum absolute atomic E-state index is 12.6. The highest BCUT2D eigenvalue weighted by Crippen LogP contribution is 2.61. The van der Waals surface area contributed by atoms with Crippen LogP contribution in [0.25, 0.3) is 0 Å². The van der Waals surface area contributed by atoms with Crippen LogP contribution in [0.5, 0.6) is 5.75 Å². The summed E-state index contributed by atoms with van der Waals surface area (Å²) in [5.41, 5.74) is 4.11. The standard InChI is InChI=1S/C27H38O3/c1-17-19-8-9-22-21(20(19)10-12-24(17)28)15-16-27(2)23(22)11-13-25(27)30-26(29)14-7-18-5-3-4-6-18/h10,12,18,21-23,25,28H,3-9,11,13-16H2,1-2H3/t21-,22-,23+,25+,27+/m1/s1. The van der Waals surface area contributed by atoms with Crippen LogP contribution >= 0.6 is 0 Å². The van der Waals surface area contributed by atoms with Gasteiger partial charge < -0.3 is 9.84 Å². The maximum atomic E-state index is 12.6. The fraction of sp³-hybridized carbons (Fsp3) is 0.741. The van der Waals surface area contributed by atoms with Gasteiger partial charge in [0, 0.05) is 11.8 Å². The second-order valence-corrected chi connectivity index (χ2v) is 11.0. The average Bonchev–Trinajstić information content (AvgIpc) is 3.37. The number of hydrogen-bond acceptors (Lipinski definition) is 3. The highest BCUT2D eigenvalue weighted by atomic mass is 16.5. The number of aromatic hydroxyl groups is 1. The number of carbonyl (C=O) groups excluding carboxylic acids is 1. The third kappa shape index (κ3) is 3.37. The smallest absolute Gasteiger partial charge is 0.306 e. The second-order valence-electron chi connectivity index (χ2n) is 11.0. The van der Waals surface area contributed by atoms with E-state index in [1.807, 2.05) is 6.07 Å². The maximum Gasteiger partial charge on any atom is 0.306 e. The topological polar surface area (TPSA) is 46.5 Å². The molecule has 164 valence electrons. The van der Waals surface area contributed by atoms with E-state index in [0.717, 1.165) is 37.2 Å². The van der Waals surface area contributed by atoms with E-state index in [4.69, 9.17) is 4.74 Å². The molecule has 0 heterocycles. The van der Waals surface area contributed by atoms with Crippen LogP contribution in [0, 0.1) is 30.1 Å². The lowest BCUT2D eigenvalue weighted by molar-refractivity contribution is -0.158. The third-order valence-electron chi connectivity index (χ3n) is 9.59. The van der Waals surface area contributed by atoms with Crippen LogP contribution < -0.4 is 0 Å². The van der Waals surface area contributed by atoms with Crippen molar-refractivity contribution in [3.63, 3.8) is 0 Å². The number of hydrogen-bond donors (Lipinski definition) is 1. The summed E-state index contributed by atoms with van der Waals surface area (Å²) in [5, 5.41) is 10.1. The van der Waals surface area contributed by atoms with Gasteiger partial charge in [0.15, 0.2) is 0 Å². The molecule has 1 aromatic rings. The molecule has 0 bridgehead atoms. The van der Waals surface area contributed by atoms with Crippen molar-refractivity contribution in [3.8, 4) is 5.75 Å². The predicted octanol–water partition coefficient (Wildman–Crippen LogP) is 6.44. The van der Waals surface area contributed by atoms with Gasteiger partial charge in [-0.25, -0.2) is 0 Å². The lowest BCUT2D eigenvalue weighted by Gasteiger charge is -2.50. The summed E-state index contributed by atoms with van der Waals surface area (Å²) in [5.74, 6) is 3.22. The molecule has 4 aliphatic rings. The minimum Gasteiger partial charge on any atom is -0.508 e. The molecule has 1 N–H and O–H groups in total. The number of fused-ring (bicyclic) bond motifs is 5. The fourth-order valence-corrected chi connectivity index (χ4v) is 7.82. The summed E-state index contributed by atoms with van der Waals surface area (Å²) in [4.78, 5) is 12.6. The van der Waals surface area contributed by atoms with E-state index in [1.54, 1.807) is 0 Å². The zero-order chi connectivity index (χ0) is 20.9. The normalized spacial score (nSPS) is 35.5. The number of esters is 1. The third-order valence-corrected chi connectivity index (χ3v) is 9.59. The average molecular weight is 411 g/mol. The minimum atomic E-state index is 0.0518. The Balaban J connectivity index is 1.27. The molecular formula is C27H38O3. The molecular weight excluding hydrogens is 372 g/mol. The van der Waals surface area contributed by atoms with Crippen molar-refractivity contribution in [2.75, 3.05) is 0 Å². The largest absolute Gasteiger partial charge is 0.508 e. The van der Waals surface area contributed by atoms with Crippen LogP contribution in [0.15, 0.2) is 12.1 Å². The Bertz CT molecular complexity index is 809. The molecule has 1 aromatic carbocycles. The van der Waals surface area contributed by atoms with Gasteiger partial charge in [-0.15, -0.1) is 0 Å². The highest BCUT2D eigenvalue weighted by Gasteiger charge is 2.56. The van der Waals surface area contributed by atoms with Crippen LogP contribution in [0.2, 0.25) is 0 Å². The summed E-state index contributed by atoms with van der Waals surface area (Å²) in [6.07, 6.45) is 13.9. The molecule has 3 fully saturated rings. The Morgan fingerprint density at radius 3 is 2.73 bits per heavy atom. The fourth-order valence-electron chi connectivity index (χ4n) is 7.82. The van der Waals surface area contributed by atoms with Crippen LogP contribution in [-0.2, 0) is 16.0 Å². The Kier molecular flexibility index (Phi) is 5.35. The van der Waals surface area contributed by atoms with Gasteiger partial charge in [-0.3, -0.25) is 4.79 Å². The van der Waals surface area contributed by atoms with Crippen molar-refractivity contribution >= 4 is 5.97 Å². The Hall–Kier alpha value is -1.51. The number of rotatable bonds is 4. The van der Waals surface area contributed by atoms with E-state index in [0.29, 0.717) is 29.9 Å². The van der Waals surface area contributed by atoms with Gasteiger partial charge in [-0.2, -0.15) is 0 Å². The lowest BCUT2D eigenvalue weighted by Crippen LogP contribution is -2.45. The molecule has 3 nitrogen and oxygen atoms in total. The molecule has 0 aromatic heterocycles. The molecule has 5 atom stereocenters. The molecule has 3 heteroatoms. The number of benzene rings is 1. The molecule has 0 saturated heterocycles. The van der Waals surface area contributed by atoms with E-state index in [1.165, 1.54) is 56.1 Å². The van der Waals surface area contributed by atoms with Gasteiger partial charge in [0.2, 0.25) is 0 Å². The first-order chi connectivity index (χ1) is 14.5. The monoisotopic (exact) mass is 410 g/mol. The first-order valence-electron chi connectivity index (χ1n) is 12.5. The Labute approximate surface area is 181 Å². The van der Waals surface area contributed by atoms with E-state index in [-0.39, 0.29) is 17.5 Å². The first kappa shape index (κ1) is 20.4. The number of phenols is 1.